The monoisotopic (exact) mass is 396 g/mol. The molecule has 5 nitrogen and oxygen atoms in total. The maximum atomic E-state index is 12.7. The SMILES string of the molecule is O=C(CC(c1ccccc1)c1ccccc1)NCc1ccc(Cn2cncn2)cc1. The van der Waals surface area contributed by atoms with Crippen molar-refractivity contribution in [1.29, 1.82) is 0 Å². The molecule has 3 aromatic carbocycles. The van der Waals surface area contributed by atoms with Gasteiger partial charge in [-0.25, -0.2) is 9.67 Å². The van der Waals surface area contributed by atoms with Gasteiger partial charge in [-0.15, -0.1) is 0 Å². The summed E-state index contributed by atoms with van der Waals surface area (Å²) in [7, 11) is 0. The smallest absolute Gasteiger partial charge is 0.221 e. The highest BCUT2D eigenvalue weighted by atomic mass is 16.1. The van der Waals surface area contributed by atoms with E-state index < -0.39 is 0 Å². The number of nitrogens with zero attached hydrogens (tertiary/aromatic N) is 3. The maximum absolute atomic E-state index is 12.7. The molecule has 0 spiro atoms. The zero-order valence-corrected chi connectivity index (χ0v) is 16.7. The maximum Gasteiger partial charge on any atom is 0.221 e. The third-order valence-corrected chi connectivity index (χ3v) is 5.12. The first-order chi connectivity index (χ1) is 14.8. The Bertz CT molecular complexity index is 1010. The topological polar surface area (TPSA) is 59.8 Å². The summed E-state index contributed by atoms with van der Waals surface area (Å²) in [6.45, 7) is 1.20. The molecule has 5 heteroatoms. The van der Waals surface area contributed by atoms with Gasteiger partial charge in [0, 0.05) is 18.9 Å². The Kier molecular flexibility index (Phi) is 6.30. The molecule has 0 bridgehead atoms. The summed E-state index contributed by atoms with van der Waals surface area (Å²) in [4.78, 5) is 16.7. The van der Waals surface area contributed by atoms with E-state index in [2.05, 4.69) is 51.8 Å². The number of hydrogen-bond donors (Lipinski definition) is 1. The average molecular weight is 396 g/mol. The van der Waals surface area contributed by atoms with Crippen LogP contribution < -0.4 is 5.32 Å². The molecule has 1 aromatic heterocycles. The first-order valence-electron chi connectivity index (χ1n) is 10.0. The summed E-state index contributed by atoms with van der Waals surface area (Å²) >= 11 is 0. The third-order valence-electron chi connectivity index (χ3n) is 5.12. The van der Waals surface area contributed by atoms with E-state index >= 15 is 0 Å². The number of aromatic nitrogens is 3. The normalized spacial score (nSPS) is 10.8. The summed E-state index contributed by atoms with van der Waals surface area (Å²) in [5.41, 5.74) is 4.51. The minimum Gasteiger partial charge on any atom is -0.352 e. The van der Waals surface area contributed by atoms with Gasteiger partial charge in [-0.3, -0.25) is 4.79 Å². The fourth-order valence-electron chi connectivity index (χ4n) is 3.52. The molecule has 0 aliphatic rings. The second kappa shape index (κ2) is 9.65. The third kappa shape index (κ3) is 5.20. The van der Waals surface area contributed by atoms with Crippen molar-refractivity contribution in [2.24, 2.45) is 0 Å². The van der Waals surface area contributed by atoms with E-state index in [9.17, 15) is 4.79 Å². The molecule has 0 unspecified atom stereocenters. The zero-order chi connectivity index (χ0) is 20.6. The molecular weight excluding hydrogens is 372 g/mol. The van der Waals surface area contributed by atoms with Gasteiger partial charge in [-0.2, -0.15) is 5.10 Å². The van der Waals surface area contributed by atoms with E-state index in [1.165, 1.54) is 6.33 Å². The van der Waals surface area contributed by atoms with Crippen molar-refractivity contribution in [3.63, 3.8) is 0 Å². The lowest BCUT2D eigenvalue weighted by molar-refractivity contribution is -0.121. The van der Waals surface area contributed by atoms with E-state index in [0.29, 0.717) is 19.5 Å². The Hall–Kier alpha value is -3.73. The van der Waals surface area contributed by atoms with E-state index in [0.717, 1.165) is 22.3 Å². The Morgan fingerprint density at radius 1 is 0.833 bits per heavy atom. The van der Waals surface area contributed by atoms with Crippen LogP contribution in [-0.4, -0.2) is 20.7 Å². The van der Waals surface area contributed by atoms with Gasteiger partial charge in [0.1, 0.15) is 12.7 Å². The number of nitrogens with one attached hydrogen (secondary N) is 1. The van der Waals surface area contributed by atoms with E-state index in [4.69, 9.17) is 0 Å². The second-order valence-corrected chi connectivity index (χ2v) is 7.26. The first-order valence-corrected chi connectivity index (χ1v) is 10.0. The molecule has 0 fully saturated rings. The minimum absolute atomic E-state index is 0.0393. The van der Waals surface area contributed by atoms with Gasteiger partial charge in [-0.05, 0) is 22.3 Å². The lowest BCUT2D eigenvalue weighted by Gasteiger charge is -2.18. The Morgan fingerprint density at radius 2 is 1.43 bits per heavy atom. The highest BCUT2D eigenvalue weighted by Crippen LogP contribution is 2.27. The Balaban J connectivity index is 1.37. The van der Waals surface area contributed by atoms with Crippen molar-refractivity contribution in [2.75, 3.05) is 0 Å². The largest absolute Gasteiger partial charge is 0.352 e. The van der Waals surface area contributed by atoms with Crippen molar-refractivity contribution in [3.05, 3.63) is 120 Å². The predicted octanol–water partition coefficient (Wildman–Crippen LogP) is 4.16. The average Bonchev–Trinajstić information content (AvgIpc) is 3.31. The fourth-order valence-corrected chi connectivity index (χ4v) is 3.52. The van der Waals surface area contributed by atoms with Crippen molar-refractivity contribution < 1.29 is 4.79 Å². The van der Waals surface area contributed by atoms with Crippen LogP contribution in [0, 0.1) is 0 Å². The van der Waals surface area contributed by atoms with E-state index in [-0.39, 0.29) is 11.8 Å². The summed E-state index contributed by atoms with van der Waals surface area (Å²) in [5, 5.41) is 7.19. The molecule has 0 saturated heterocycles. The standard InChI is InChI=1S/C25H24N4O/c30-25(15-24(22-7-3-1-4-8-22)23-9-5-2-6-10-23)27-16-20-11-13-21(14-12-20)17-29-19-26-18-28-29/h1-14,18-19,24H,15-17H2,(H,27,30). The van der Waals surface area contributed by atoms with Crippen LogP contribution in [0.4, 0.5) is 0 Å². The second-order valence-electron chi connectivity index (χ2n) is 7.26. The molecular formula is C25H24N4O. The fraction of sp³-hybridized carbons (Fsp3) is 0.160. The van der Waals surface area contributed by atoms with Crippen LogP contribution in [0.25, 0.3) is 0 Å². The highest BCUT2D eigenvalue weighted by molar-refractivity contribution is 5.77. The molecule has 1 heterocycles. The van der Waals surface area contributed by atoms with E-state index in [1.807, 2.05) is 48.5 Å². The Morgan fingerprint density at radius 3 is 2.00 bits per heavy atom. The number of benzene rings is 3. The molecule has 4 aromatic rings. The lowest BCUT2D eigenvalue weighted by Crippen LogP contribution is -2.25. The summed E-state index contributed by atoms with van der Waals surface area (Å²) in [5.74, 6) is 0.0804. The van der Waals surface area contributed by atoms with Gasteiger partial charge >= 0.3 is 0 Å². The predicted molar refractivity (Wildman–Crippen MR) is 117 cm³/mol. The summed E-state index contributed by atoms with van der Waals surface area (Å²) in [6.07, 6.45) is 3.64. The number of carbonyl (C=O) groups is 1. The molecule has 4 rings (SSSR count). The molecule has 0 aliphatic heterocycles. The first kappa shape index (κ1) is 19.6. The van der Waals surface area contributed by atoms with Gasteiger partial charge in [-0.1, -0.05) is 84.9 Å². The molecule has 0 aliphatic carbocycles. The van der Waals surface area contributed by atoms with Crippen LogP contribution in [-0.2, 0) is 17.9 Å². The van der Waals surface area contributed by atoms with Crippen molar-refractivity contribution in [1.82, 2.24) is 20.1 Å². The Labute approximate surface area is 176 Å². The van der Waals surface area contributed by atoms with Gasteiger partial charge in [0.25, 0.3) is 0 Å². The molecule has 30 heavy (non-hydrogen) atoms. The van der Waals surface area contributed by atoms with Gasteiger partial charge in [0.05, 0.1) is 6.54 Å². The molecule has 1 amide bonds. The molecule has 0 saturated carbocycles. The molecule has 0 radical (unpaired) electrons. The van der Waals surface area contributed by atoms with Crippen molar-refractivity contribution in [3.8, 4) is 0 Å². The van der Waals surface area contributed by atoms with Crippen molar-refractivity contribution >= 4 is 5.91 Å². The van der Waals surface area contributed by atoms with Crippen molar-refractivity contribution in [2.45, 2.75) is 25.4 Å². The van der Waals surface area contributed by atoms with Crippen LogP contribution in [0.2, 0.25) is 0 Å². The number of amides is 1. The molecule has 1 N–H and O–H groups in total. The minimum atomic E-state index is 0.0393. The number of hydrogen-bond acceptors (Lipinski definition) is 3. The summed E-state index contributed by atoms with van der Waals surface area (Å²) < 4.78 is 1.78. The molecule has 150 valence electrons. The van der Waals surface area contributed by atoms with Crippen LogP contribution in [0.5, 0.6) is 0 Å². The number of carbonyl (C=O) groups excluding carboxylic acids is 1. The van der Waals surface area contributed by atoms with Gasteiger partial charge in [0.2, 0.25) is 5.91 Å². The van der Waals surface area contributed by atoms with E-state index in [1.54, 1.807) is 11.0 Å². The zero-order valence-electron chi connectivity index (χ0n) is 16.7. The summed E-state index contributed by atoms with van der Waals surface area (Å²) in [6, 6.07) is 28.6. The van der Waals surface area contributed by atoms with Gasteiger partial charge in [0.15, 0.2) is 0 Å². The van der Waals surface area contributed by atoms with Gasteiger partial charge < -0.3 is 5.32 Å². The molecule has 0 atom stereocenters. The van der Waals surface area contributed by atoms with Crippen LogP contribution >= 0.6 is 0 Å². The highest BCUT2D eigenvalue weighted by Gasteiger charge is 2.17. The number of rotatable bonds is 8. The van der Waals surface area contributed by atoms with Crippen LogP contribution in [0.3, 0.4) is 0 Å². The van der Waals surface area contributed by atoms with Crippen LogP contribution in [0.1, 0.15) is 34.6 Å². The lowest BCUT2D eigenvalue weighted by atomic mass is 9.88. The van der Waals surface area contributed by atoms with Crippen LogP contribution in [0.15, 0.2) is 97.6 Å². The quantitative estimate of drug-likeness (QED) is 0.486.